The summed E-state index contributed by atoms with van der Waals surface area (Å²) in [5.74, 6) is 2.82. The predicted molar refractivity (Wildman–Crippen MR) is 199 cm³/mol. The lowest BCUT2D eigenvalue weighted by molar-refractivity contribution is -0.115. The molecule has 0 unspecified atom stereocenters. The second kappa shape index (κ2) is 18.3. The minimum absolute atomic E-state index is 0.0774. The van der Waals surface area contributed by atoms with Crippen molar-refractivity contribution in [1.29, 1.82) is 0 Å². The molecular formula is C41H57N3O3. The van der Waals surface area contributed by atoms with Gasteiger partial charge in [0.1, 0.15) is 17.3 Å². The summed E-state index contributed by atoms with van der Waals surface area (Å²) < 4.78 is 6.56. The van der Waals surface area contributed by atoms with Gasteiger partial charge in [-0.15, -0.1) is 0 Å². The number of Topliss-reactive ketones (excluding diaryl/α,β-unsaturated/α-hetero) is 1. The van der Waals surface area contributed by atoms with Crippen LogP contribution in [0.3, 0.4) is 0 Å². The second-order valence-corrected chi connectivity index (χ2v) is 12.7. The zero-order valence-corrected chi connectivity index (χ0v) is 30.0. The number of benzene rings is 1. The quantitative estimate of drug-likeness (QED) is 0.0768. The summed E-state index contributed by atoms with van der Waals surface area (Å²) in [7, 11) is 0. The Morgan fingerprint density at radius 2 is 1.85 bits per heavy atom. The highest BCUT2D eigenvalue weighted by Crippen LogP contribution is 2.38. The molecule has 1 fully saturated rings. The Morgan fingerprint density at radius 1 is 1.13 bits per heavy atom. The number of phenols is 1. The van der Waals surface area contributed by atoms with E-state index in [1.54, 1.807) is 6.07 Å². The van der Waals surface area contributed by atoms with Crippen LogP contribution >= 0.6 is 0 Å². The van der Waals surface area contributed by atoms with Crippen LogP contribution in [0.25, 0.3) is 5.57 Å². The molecule has 1 saturated carbocycles. The van der Waals surface area contributed by atoms with Crippen LogP contribution in [0.2, 0.25) is 0 Å². The lowest BCUT2D eigenvalue weighted by Crippen LogP contribution is -2.28. The topological polar surface area (TPSA) is 74.2 Å². The van der Waals surface area contributed by atoms with Crippen LogP contribution < -0.4 is 5.32 Å². The zero-order valence-electron chi connectivity index (χ0n) is 30.0. The molecule has 254 valence electrons. The minimum atomic E-state index is 0.0774. The number of aromatic hydroxyl groups is 1. The molecule has 2 aliphatic rings. The summed E-state index contributed by atoms with van der Waals surface area (Å²) >= 11 is 0. The van der Waals surface area contributed by atoms with Gasteiger partial charge in [-0.1, -0.05) is 84.3 Å². The second-order valence-electron chi connectivity index (χ2n) is 12.7. The average molecular weight is 640 g/mol. The third-order valence-corrected chi connectivity index (χ3v) is 9.06. The van der Waals surface area contributed by atoms with Crippen molar-refractivity contribution in [2.45, 2.75) is 106 Å². The first kappa shape index (κ1) is 37.4. The molecule has 0 atom stereocenters. The third kappa shape index (κ3) is 10.2. The van der Waals surface area contributed by atoms with Crippen molar-refractivity contribution in [2.24, 2.45) is 10.9 Å². The lowest BCUT2D eigenvalue weighted by Gasteiger charge is -2.31. The molecule has 0 saturated heterocycles. The van der Waals surface area contributed by atoms with Crippen LogP contribution in [-0.2, 0) is 9.53 Å². The number of carbonyl (C=O) groups is 1. The van der Waals surface area contributed by atoms with Gasteiger partial charge in [0.05, 0.1) is 5.69 Å². The van der Waals surface area contributed by atoms with Crippen LogP contribution in [0.15, 0.2) is 100 Å². The van der Waals surface area contributed by atoms with E-state index < -0.39 is 0 Å². The summed E-state index contributed by atoms with van der Waals surface area (Å²) in [5.41, 5.74) is 6.64. The summed E-state index contributed by atoms with van der Waals surface area (Å²) in [6.45, 7) is 24.4. The number of aliphatic imine (C=N–C) groups is 1. The lowest BCUT2D eigenvalue weighted by atomic mass is 9.92. The number of carbonyl (C=O) groups excluding carboxylic acids is 1. The van der Waals surface area contributed by atoms with Crippen molar-refractivity contribution in [3.63, 3.8) is 0 Å². The molecule has 0 amide bonds. The van der Waals surface area contributed by atoms with Gasteiger partial charge >= 0.3 is 0 Å². The Morgan fingerprint density at radius 3 is 2.45 bits per heavy atom. The number of rotatable bonds is 17. The van der Waals surface area contributed by atoms with Crippen molar-refractivity contribution in [3.8, 4) is 5.75 Å². The number of anilines is 1. The Balaban J connectivity index is 1.79. The van der Waals surface area contributed by atoms with Gasteiger partial charge in [0, 0.05) is 36.9 Å². The fraction of sp³-hybridized carbons (Fsp3) is 0.463. The summed E-state index contributed by atoms with van der Waals surface area (Å²) in [4.78, 5) is 19.8. The van der Waals surface area contributed by atoms with Crippen LogP contribution in [0.5, 0.6) is 5.75 Å². The molecule has 1 aromatic carbocycles. The first-order valence-corrected chi connectivity index (χ1v) is 17.5. The van der Waals surface area contributed by atoms with Crippen molar-refractivity contribution in [2.75, 3.05) is 18.4 Å². The molecule has 6 nitrogen and oxygen atoms in total. The molecular weight excluding hydrogens is 582 g/mol. The number of phenolic OH excluding ortho intramolecular Hbond substituents is 1. The zero-order chi connectivity index (χ0) is 34.5. The molecule has 0 spiro atoms. The van der Waals surface area contributed by atoms with E-state index in [1.165, 1.54) is 25.7 Å². The maximum absolute atomic E-state index is 12.8. The standard InChI is InChI=1S/C41H57N3O3/c1-10-15-23-44(22-11-2)40-24-28(6)29(7)41(47-40)36(13-4)34-20-21-37(39(46)27-34)43-31(9)42-30(8)33(12-3)26-35(38(45)14-5)25-32-18-16-17-19-32/h12-13,20-21,24,26-27,32,43,46H,6,9-11,14-19,22-23,25H2,1-5,7-8H3/b33-12-,35-26+,36-13-,42-30-. The van der Waals surface area contributed by atoms with Gasteiger partial charge in [-0.2, -0.15) is 0 Å². The maximum Gasteiger partial charge on any atom is 0.196 e. The molecule has 47 heavy (non-hydrogen) atoms. The minimum Gasteiger partial charge on any atom is -0.506 e. The molecule has 0 aromatic heterocycles. The van der Waals surface area contributed by atoms with E-state index in [2.05, 4.69) is 37.2 Å². The number of nitrogens with zero attached hydrogens (tertiary/aromatic N) is 2. The summed E-state index contributed by atoms with van der Waals surface area (Å²) in [6.07, 6.45) is 17.5. The molecule has 1 aliphatic carbocycles. The van der Waals surface area contributed by atoms with Gasteiger partial charge < -0.3 is 20.1 Å². The first-order chi connectivity index (χ1) is 22.6. The fourth-order valence-corrected chi connectivity index (χ4v) is 6.25. The number of ketones is 1. The number of ether oxygens (including phenoxy) is 1. The van der Waals surface area contributed by atoms with Gasteiger partial charge in [0.2, 0.25) is 0 Å². The molecule has 0 bridgehead atoms. The van der Waals surface area contributed by atoms with E-state index in [-0.39, 0.29) is 11.5 Å². The largest absolute Gasteiger partial charge is 0.506 e. The first-order valence-electron chi connectivity index (χ1n) is 17.5. The number of unbranched alkanes of at least 4 members (excludes halogenated alkanes) is 1. The van der Waals surface area contributed by atoms with E-state index in [0.717, 1.165) is 89.6 Å². The van der Waals surface area contributed by atoms with Crippen LogP contribution in [0.1, 0.15) is 112 Å². The van der Waals surface area contributed by atoms with E-state index in [1.807, 2.05) is 71.1 Å². The highest BCUT2D eigenvalue weighted by molar-refractivity contribution is 6.04. The fourth-order valence-electron chi connectivity index (χ4n) is 6.25. The van der Waals surface area contributed by atoms with Crippen molar-refractivity contribution in [3.05, 3.63) is 101 Å². The highest BCUT2D eigenvalue weighted by atomic mass is 16.5. The Hall–Kier alpha value is -4.06. The molecule has 3 rings (SSSR count). The number of allylic oxidation sites excluding steroid dienone is 9. The van der Waals surface area contributed by atoms with Crippen LogP contribution in [0.4, 0.5) is 5.69 Å². The summed E-state index contributed by atoms with van der Waals surface area (Å²) in [5, 5.41) is 14.3. The molecule has 6 heteroatoms. The molecule has 0 radical (unpaired) electrons. The van der Waals surface area contributed by atoms with Crippen LogP contribution in [-0.4, -0.2) is 34.6 Å². The Kier molecular flexibility index (Phi) is 14.6. The van der Waals surface area contributed by atoms with Crippen molar-refractivity contribution < 1.29 is 14.6 Å². The van der Waals surface area contributed by atoms with E-state index in [0.29, 0.717) is 23.8 Å². The number of nitrogens with one attached hydrogen (secondary N) is 1. The molecule has 1 aliphatic heterocycles. The van der Waals surface area contributed by atoms with Crippen molar-refractivity contribution >= 4 is 22.8 Å². The number of hydrogen-bond acceptors (Lipinski definition) is 6. The molecule has 2 N–H and O–H groups in total. The monoisotopic (exact) mass is 639 g/mol. The Labute approximate surface area is 284 Å². The summed E-state index contributed by atoms with van der Waals surface area (Å²) in [6, 6.07) is 5.52. The Bertz CT molecular complexity index is 1500. The van der Waals surface area contributed by atoms with Gasteiger partial charge in [0.15, 0.2) is 11.7 Å². The SMILES string of the molecule is C=C(\N=C(C)/C(=C\C)/C=C(\CC1CCCC1)C(=O)CC)Nc1ccc(/C(=C/C)C2=C(C)C(=C)C=C(N(CCC)CCCC)O2)cc1O. The average Bonchev–Trinajstić information content (AvgIpc) is 3.57. The maximum atomic E-state index is 12.8. The smallest absolute Gasteiger partial charge is 0.196 e. The van der Waals surface area contributed by atoms with Crippen molar-refractivity contribution in [1.82, 2.24) is 4.90 Å². The molecule has 1 heterocycles. The number of hydrogen-bond donors (Lipinski definition) is 2. The van der Waals surface area contributed by atoms with Crippen LogP contribution in [0, 0.1) is 5.92 Å². The predicted octanol–water partition coefficient (Wildman–Crippen LogP) is 10.8. The molecule has 1 aromatic rings. The van der Waals surface area contributed by atoms with Gasteiger partial charge in [0.25, 0.3) is 0 Å². The van der Waals surface area contributed by atoms with Gasteiger partial charge in [-0.05, 0) is 98.9 Å². The van der Waals surface area contributed by atoms with E-state index in [4.69, 9.17) is 9.73 Å². The highest BCUT2D eigenvalue weighted by Gasteiger charge is 2.24. The van der Waals surface area contributed by atoms with Gasteiger partial charge in [-0.25, -0.2) is 4.99 Å². The third-order valence-electron chi connectivity index (χ3n) is 9.06. The van der Waals surface area contributed by atoms with E-state index in [9.17, 15) is 9.90 Å². The normalized spacial score (nSPS) is 16.7. The van der Waals surface area contributed by atoms with E-state index >= 15 is 0 Å². The van der Waals surface area contributed by atoms with Gasteiger partial charge in [-0.3, -0.25) is 4.79 Å².